The largest absolute Gasteiger partial charge is 0.485 e. The van der Waals surface area contributed by atoms with E-state index < -0.39 is 5.82 Å². The highest BCUT2D eigenvalue weighted by Crippen LogP contribution is 2.37. The van der Waals surface area contributed by atoms with Crippen LogP contribution in [0.15, 0.2) is 67.3 Å². The van der Waals surface area contributed by atoms with Gasteiger partial charge >= 0.3 is 0 Å². The molecule has 3 heterocycles. The van der Waals surface area contributed by atoms with Crippen LogP contribution in [0.3, 0.4) is 0 Å². The van der Waals surface area contributed by atoms with Crippen LogP contribution in [0, 0.1) is 17.1 Å². The third kappa shape index (κ3) is 4.91. The van der Waals surface area contributed by atoms with Gasteiger partial charge in [0.15, 0.2) is 5.82 Å². The number of nitrogens with one attached hydrogen (secondary N) is 2. The Bertz CT molecular complexity index is 1520. The van der Waals surface area contributed by atoms with Crippen molar-refractivity contribution in [3.8, 4) is 5.75 Å². The number of pyridine rings is 1. The molecule has 0 saturated carbocycles. The highest BCUT2D eigenvalue weighted by atomic mass is 19.1. The summed E-state index contributed by atoms with van der Waals surface area (Å²) in [6, 6.07) is 10.6. The number of fused-ring (bicyclic) bond motifs is 2. The monoisotopic (exact) mass is 499 g/mol. The molecule has 4 aromatic rings. The average Bonchev–Trinajstić information content (AvgIpc) is 2.88. The molecule has 1 aliphatic heterocycles. The lowest BCUT2D eigenvalue weighted by Gasteiger charge is -2.32. The number of rotatable bonds is 9. The van der Waals surface area contributed by atoms with E-state index in [4.69, 9.17) is 14.9 Å². The van der Waals surface area contributed by atoms with Gasteiger partial charge in [0, 0.05) is 23.7 Å². The molecular weight excluding hydrogens is 471 g/mol. The number of halogens is 1. The molecular formula is C28H28FN6O2+. The van der Waals surface area contributed by atoms with Crippen molar-refractivity contribution < 1.29 is 19.2 Å². The van der Waals surface area contributed by atoms with Gasteiger partial charge < -0.3 is 25.5 Å². The Morgan fingerprint density at radius 3 is 2.81 bits per heavy atom. The fourth-order valence-corrected chi connectivity index (χ4v) is 4.33. The third-order valence-corrected chi connectivity index (χ3v) is 6.28. The van der Waals surface area contributed by atoms with Gasteiger partial charge in [-0.25, -0.2) is 14.4 Å². The molecule has 0 amide bonds. The number of anilines is 2. The minimum absolute atomic E-state index is 0.211. The van der Waals surface area contributed by atoms with E-state index in [0.29, 0.717) is 52.2 Å². The molecule has 1 fully saturated rings. The number of aromatic nitrogens is 3. The smallest absolute Gasteiger partial charge is 0.156 e. The Morgan fingerprint density at radius 1 is 1.22 bits per heavy atom. The molecule has 0 radical (unpaired) electrons. The molecule has 8 nitrogen and oxygen atoms in total. The standard InChI is InChI=1S/C28H27FN6O2/c1-3-5-24(19-14-36-15-19)37-25-11-17(18(12-30)13-31-2)10-23-26(25)28(34-16-33-23)35-22-8-7-21-20(27(22)29)6-4-9-32-21/h3-13,16,19,24,30-31H,14-15H2,1-2H3,(H,33,34,35)/p+1/b5-3+,18-13+,30-12?. The fraction of sp³-hybridized carbons (Fsp3) is 0.214. The highest BCUT2D eigenvalue weighted by Gasteiger charge is 2.29. The third-order valence-electron chi connectivity index (χ3n) is 6.28. The van der Waals surface area contributed by atoms with Gasteiger partial charge in [0.1, 0.15) is 30.2 Å². The fourth-order valence-electron chi connectivity index (χ4n) is 4.33. The molecule has 0 aliphatic carbocycles. The topological polar surface area (TPSA) is 110 Å². The molecule has 188 valence electrons. The maximum atomic E-state index is 15.4. The number of allylic oxidation sites excluding steroid dienone is 2. The minimum Gasteiger partial charge on any atom is -0.485 e. The SMILES string of the molecule is C/C=C/C(Oc1cc(/C(C=N)=C/[NH2+]C)cc2ncnc(Nc3ccc4ncccc4c3F)c12)C1COC1. The zero-order valence-corrected chi connectivity index (χ0v) is 20.6. The quantitative estimate of drug-likeness (QED) is 0.235. The van der Waals surface area contributed by atoms with E-state index in [1.54, 1.807) is 30.5 Å². The Kier molecular flexibility index (Phi) is 7.16. The van der Waals surface area contributed by atoms with Crippen LogP contribution in [-0.4, -0.2) is 47.5 Å². The molecule has 4 N–H and O–H groups in total. The van der Waals surface area contributed by atoms with Crippen LogP contribution in [0.5, 0.6) is 5.75 Å². The summed E-state index contributed by atoms with van der Waals surface area (Å²) >= 11 is 0. The number of quaternary nitrogens is 1. The van der Waals surface area contributed by atoms with Gasteiger partial charge in [-0.05, 0) is 55.0 Å². The molecule has 1 atom stereocenters. The lowest BCUT2D eigenvalue weighted by Crippen LogP contribution is -2.72. The first kappa shape index (κ1) is 24.5. The van der Waals surface area contributed by atoms with Crippen LogP contribution in [-0.2, 0) is 4.74 Å². The molecule has 0 bridgehead atoms. The number of ether oxygens (including phenoxy) is 2. The molecule has 2 aromatic carbocycles. The number of benzene rings is 2. The first-order valence-corrected chi connectivity index (χ1v) is 12.1. The number of hydrogen-bond acceptors (Lipinski definition) is 7. The van der Waals surface area contributed by atoms with Crippen molar-refractivity contribution in [2.24, 2.45) is 5.92 Å². The van der Waals surface area contributed by atoms with E-state index in [-0.39, 0.29) is 17.7 Å². The predicted molar refractivity (Wildman–Crippen MR) is 143 cm³/mol. The Morgan fingerprint density at radius 2 is 2.08 bits per heavy atom. The summed E-state index contributed by atoms with van der Waals surface area (Å²) in [5.41, 5.74) is 2.95. The van der Waals surface area contributed by atoms with Gasteiger partial charge in [0.2, 0.25) is 0 Å². The van der Waals surface area contributed by atoms with Crippen LogP contribution < -0.4 is 15.4 Å². The first-order chi connectivity index (χ1) is 18.1. The Labute approximate surface area is 213 Å². The summed E-state index contributed by atoms with van der Waals surface area (Å²) in [5, 5.41) is 14.0. The summed E-state index contributed by atoms with van der Waals surface area (Å²) in [4.78, 5) is 13.2. The normalized spacial score (nSPS) is 15.2. The minimum atomic E-state index is -0.414. The van der Waals surface area contributed by atoms with Crippen LogP contribution in [0.2, 0.25) is 0 Å². The maximum Gasteiger partial charge on any atom is 0.156 e. The van der Waals surface area contributed by atoms with Crippen molar-refractivity contribution >= 4 is 45.1 Å². The summed E-state index contributed by atoms with van der Waals surface area (Å²) in [5.74, 6) is 0.753. The number of nitrogens with zero attached hydrogens (tertiary/aromatic N) is 3. The molecule has 0 spiro atoms. The molecule has 5 rings (SSSR count). The molecule has 9 heteroatoms. The zero-order chi connectivity index (χ0) is 25.8. The zero-order valence-electron chi connectivity index (χ0n) is 20.6. The van der Waals surface area contributed by atoms with Crippen molar-refractivity contribution in [1.82, 2.24) is 15.0 Å². The van der Waals surface area contributed by atoms with Crippen LogP contribution in [0.25, 0.3) is 27.4 Å². The summed E-state index contributed by atoms with van der Waals surface area (Å²) in [6.45, 7) is 3.17. The average molecular weight is 500 g/mol. The van der Waals surface area contributed by atoms with Crippen molar-refractivity contribution in [2.45, 2.75) is 13.0 Å². The van der Waals surface area contributed by atoms with Gasteiger partial charge in [-0.15, -0.1) is 0 Å². The summed E-state index contributed by atoms with van der Waals surface area (Å²) in [7, 11) is 1.90. The number of nitrogens with two attached hydrogens (primary N) is 1. The molecule has 1 unspecified atom stereocenters. The van der Waals surface area contributed by atoms with Gasteiger partial charge in [-0.2, -0.15) is 0 Å². The second kappa shape index (κ2) is 10.8. The van der Waals surface area contributed by atoms with Crippen molar-refractivity contribution in [3.63, 3.8) is 0 Å². The summed E-state index contributed by atoms with van der Waals surface area (Å²) in [6.07, 6.45) is 9.97. The molecule has 1 aliphatic rings. The van der Waals surface area contributed by atoms with Gasteiger partial charge in [-0.1, -0.05) is 6.08 Å². The van der Waals surface area contributed by atoms with E-state index >= 15 is 4.39 Å². The van der Waals surface area contributed by atoms with E-state index in [0.717, 1.165) is 5.56 Å². The van der Waals surface area contributed by atoms with Crippen molar-refractivity contribution in [3.05, 3.63) is 78.7 Å². The summed E-state index contributed by atoms with van der Waals surface area (Å²) < 4.78 is 27.4. The van der Waals surface area contributed by atoms with Crippen LogP contribution in [0.1, 0.15) is 12.5 Å². The highest BCUT2D eigenvalue weighted by molar-refractivity contribution is 6.10. The van der Waals surface area contributed by atoms with Gasteiger partial charge in [0.25, 0.3) is 0 Å². The maximum absolute atomic E-state index is 15.4. The van der Waals surface area contributed by atoms with E-state index in [2.05, 4.69) is 20.3 Å². The first-order valence-electron chi connectivity index (χ1n) is 12.1. The van der Waals surface area contributed by atoms with Gasteiger partial charge in [0.05, 0.1) is 47.9 Å². The Balaban J connectivity index is 1.65. The molecule has 37 heavy (non-hydrogen) atoms. The molecule has 2 aromatic heterocycles. The number of hydrogen-bond donors (Lipinski definition) is 3. The van der Waals surface area contributed by atoms with E-state index in [1.807, 2.05) is 49.8 Å². The predicted octanol–water partition coefficient (Wildman–Crippen LogP) is 4.21. The molecule has 1 saturated heterocycles. The second-order valence-corrected chi connectivity index (χ2v) is 8.72. The van der Waals surface area contributed by atoms with E-state index in [9.17, 15) is 0 Å². The lowest BCUT2D eigenvalue weighted by atomic mass is 9.99. The van der Waals surface area contributed by atoms with Crippen LogP contribution >= 0.6 is 0 Å². The van der Waals surface area contributed by atoms with E-state index in [1.165, 1.54) is 12.5 Å². The van der Waals surface area contributed by atoms with Crippen LogP contribution in [0.4, 0.5) is 15.9 Å². The lowest BCUT2D eigenvalue weighted by molar-refractivity contribution is -0.555. The Hall–Kier alpha value is -4.21. The van der Waals surface area contributed by atoms with Gasteiger partial charge in [-0.3, -0.25) is 4.98 Å². The second-order valence-electron chi connectivity index (χ2n) is 8.72. The van der Waals surface area contributed by atoms with Crippen molar-refractivity contribution in [2.75, 3.05) is 25.6 Å². The van der Waals surface area contributed by atoms with Crippen molar-refractivity contribution in [1.29, 1.82) is 5.41 Å².